The van der Waals surface area contributed by atoms with Crippen LogP contribution in [-0.2, 0) is 19.1 Å². The monoisotopic (exact) mass is 630 g/mol. The number of anilines is 2. The fourth-order valence-electron chi connectivity index (χ4n) is 3.38. The second-order valence-electron chi connectivity index (χ2n) is 9.34. The average Bonchev–Trinajstić information content (AvgIpc) is 2.94. The van der Waals surface area contributed by atoms with Gasteiger partial charge in [0.25, 0.3) is 5.91 Å². The molecule has 0 aromatic heterocycles. The normalized spacial score (nSPS) is 16.9. The summed E-state index contributed by atoms with van der Waals surface area (Å²) in [5.74, 6) is -10.3. The van der Waals surface area contributed by atoms with Crippen molar-refractivity contribution in [2.24, 2.45) is 5.41 Å². The van der Waals surface area contributed by atoms with Crippen LogP contribution in [0, 0.1) is 5.41 Å². The van der Waals surface area contributed by atoms with Crippen LogP contribution >= 0.6 is 0 Å². The zero-order chi connectivity index (χ0) is 32.5. The summed E-state index contributed by atoms with van der Waals surface area (Å²) in [5, 5.41) is 3.04. The van der Waals surface area contributed by atoms with E-state index in [0.29, 0.717) is 18.7 Å². The fraction of sp³-hybridized carbons (Fsp3) is 0.545. The number of benzene rings is 1. The van der Waals surface area contributed by atoms with E-state index in [0.717, 1.165) is 24.3 Å². The number of ether oxygens (including phenoxy) is 1. The van der Waals surface area contributed by atoms with E-state index in [1.807, 2.05) is 5.32 Å². The second kappa shape index (κ2) is 11.8. The number of halogens is 11. The predicted octanol–water partition coefficient (Wildman–Crippen LogP) is 3.93. The van der Waals surface area contributed by atoms with Gasteiger partial charge in [-0.2, -0.15) is 48.3 Å². The molecule has 0 radical (unpaired) electrons. The van der Waals surface area contributed by atoms with Gasteiger partial charge in [0.2, 0.25) is 11.8 Å². The zero-order valence-corrected chi connectivity index (χ0v) is 21.3. The highest BCUT2D eigenvalue weighted by molar-refractivity contribution is 6.09. The third-order valence-corrected chi connectivity index (χ3v) is 5.64. The van der Waals surface area contributed by atoms with Gasteiger partial charge in [-0.25, -0.2) is 4.79 Å². The van der Waals surface area contributed by atoms with Crippen LogP contribution in [0.4, 0.5) is 64.5 Å². The van der Waals surface area contributed by atoms with Crippen molar-refractivity contribution in [1.82, 2.24) is 10.6 Å². The van der Waals surface area contributed by atoms with Crippen molar-refractivity contribution in [3.8, 4) is 0 Å². The van der Waals surface area contributed by atoms with Crippen molar-refractivity contribution in [3.05, 3.63) is 24.3 Å². The maximum absolute atomic E-state index is 13.4. The lowest BCUT2D eigenvalue weighted by molar-refractivity contribution is -0.278. The van der Waals surface area contributed by atoms with Gasteiger partial charge in [-0.15, -0.1) is 0 Å². The first kappa shape index (κ1) is 34.3. The molecule has 1 aromatic rings. The minimum atomic E-state index is -6.07. The molecular weight excluding hydrogens is 609 g/mol. The van der Waals surface area contributed by atoms with E-state index in [4.69, 9.17) is 0 Å². The summed E-state index contributed by atoms with van der Waals surface area (Å²) in [6.07, 6.45) is -18.0. The van der Waals surface area contributed by atoms with E-state index in [2.05, 4.69) is 4.74 Å². The first-order valence-electron chi connectivity index (χ1n) is 11.4. The number of para-hydroxylation sites is 2. The Morgan fingerprint density at radius 3 is 1.93 bits per heavy atom. The van der Waals surface area contributed by atoms with Gasteiger partial charge in [0.05, 0.1) is 24.5 Å². The van der Waals surface area contributed by atoms with Gasteiger partial charge in [-0.3, -0.25) is 24.2 Å². The van der Waals surface area contributed by atoms with E-state index in [-0.39, 0.29) is 4.90 Å². The van der Waals surface area contributed by atoms with Crippen LogP contribution < -0.4 is 20.4 Å². The van der Waals surface area contributed by atoms with Crippen LogP contribution in [0.3, 0.4) is 0 Å². The molecule has 1 aromatic carbocycles. The molecule has 0 fully saturated rings. The van der Waals surface area contributed by atoms with E-state index in [9.17, 15) is 67.5 Å². The van der Waals surface area contributed by atoms with Crippen molar-refractivity contribution in [2.75, 3.05) is 36.0 Å². The number of carbonyl (C=O) groups is 4. The molecule has 0 spiro atoms. The molecular formula is C22H21F11N4O5. The molecule has 0 bridgehead atoms. The van der Waals surface area contributed by atoms with E-state index < -0.39 is 97.3 Å². The Balaban J connectivity index is 2.43. The number of carbonyl (C=O) groups excluding carboxylic acids is 4. The van der Waals surface area contributed by atoms with Gasteiger partial charge in [-0.1, -0.05) is 12.1 Å². The third kappa shape index (κ3) is 8.34. The standard InChI is InChI=1S/C22H21F11N4O5/c1-18(2,15(39)34-8-19(23,24)22(31,32)33)16(40)35-11-7-36(17(41)42-10-21(28,29)30)12-5-3-4-6-13(12)37(14(11)38)9-20(25,26)27/h3-6,11H,7-10H2,1-2H3,(H,34,39)(H,35,40)/t11-/m0/s1. The summed E-state index contributed by atoms with van der Waals surface area (Å²) in [7, 11) is 0. The SMILES string of the molecule is CC(C)(C(=O)NCC(F)(F)C(F)(F)F)C(=O)N[C@H]1CN(C(=O)OCC(F)(F)F)c2ccccc2N(CC(F)(F)F)C1=O. The Morgan fingerprint density at radius 2 is 1.43 bits per heavy atom. The van der Waals surface area contributed by atoms with Gasteiger partial charge in [0.1, 0.15) is 18.0 Å². The number of amides is 4. The van der Waals surface area contributed by atoms with E-state index >= 15 is 0 Å². The molecule has 0 unspecified atom stereocenters. The molecule has 0 aliphatic carbocycles. The summed E-state index contributed by atoms with van der Waals surface area (Å²) in [5.41, 5.74) is -3.71. The van der Waals surface area contributed by atoms with Crippen LogP contribution in [0.1, 0.15) is 13.8 Å². The molecule has 1 atom stereocenters. The molecule has 1 aliphatic heterocycles. The van der Waals surface area contributed by atoms with Gasteiger partial charge in [0.15, 0.2) is 6.61 Å². The highest BCUT2D eigenvalue weighted by atomic mass is 19.4. The van der Waals surface area contributed by atoms with Crippen LogP contribution in [0.5, 0.6) is 0 Å². The predicted molar refractivity (Wildman–Crippen MR) is 119 cm³/mol. The fourth-order valence-corrected chi connectivity index (χ4v) is 3.38. The minimum absolute atomic E-state index is 0.0499. The first-order chi connectivity index (χ1) is 18.9. The molecule has 0 saturated heterocycles. The van der Waals surface area contributed by atoms with Crippen molar-refractivity contribution in [1.29, 1.82) is 0 Å². The van der Waals surface area contributed by atoms with Crippen molar-refractivity contribution >= 4 is 35.2 Å². The van der Waals surface area contributed by atoms with Crippen molar-refractivity contribution in [3.63, 3.8) is 0 Å². The molecule has 9 nitrogen and oxygen atoms in total. The maximum Gasteiger partial charge on any atom is 0.455 e. The Morgan fingerprint density at radius 1 is 0.881 bits per heavy atom. The van der Waals surface area contributed by atoms with Crippen LogP contribution in [-0.4, -0.2) is 80.5 Å². The summed E-state index contributed by atoms with van der Waals surface area (Å²) in [6, 6.07) is 1.93. The molecule has 2 N–H and O–H groups in total. The largest absolute Gasteiger partial charge is 0.455 e. The number of alkyl halides is 11. The van der Waals surface area contributed by atoms with Gasteiger partial charge in [0, 0.05) is 0 Å². The Hall–Kier alpha value is -3.87. The number of fused-ring (bicyclic) bond motifs is 1. The molecule has 42 heavy (non-hydrogen) atoms. The number of nitrogens with zero attached hydrogens (tertiary/aromatic N) is 2. The van der Waals surface area contributed by atoms with Crippen LogP contribution in [0.25, 0.3) is 0 Å². The minimum Gasteiger partial charge on any atom is -0.439 e. The third-order valence-electron chi connectivity index (χ3n) is 5.64. The number of rotatable bonds is 7. The highest BCUT2D eigenvalue weighted by Gasteiger charge is 2.58. The quantitative estimate of drug-likeness (QED) is 0.351. The molecule has 20 heteroatoms. The van der Waals surface area contributed by atoms with E-state index in [1.165, 1.54) is 5.32 Å². The number of hydrogen-bond acceptors (Lipinski definition) is 5. The summed E-state index contributed by atoms with van der Waals surface area (Å²) in [6.45, 7) is -6.17. The zero-order valence-electron chi connectivity index (χ0n) is 21.3. The lowest BCUT2D eigenvalue weighted by Gasteiger charge is -2.29. The lowest BCUT2D eigenvalue weighted by Crippen LogP contribution is -2.59. The summed E-state index contributed by atoms with van der Waals surface area (Å²) < 4.78 is 146. The van der Waals surface area contributed by atoms with Gasteiger partial charge >= 0.3 is 30.5 Å². The average molecular weight is 630 g/mol. The Kier molecular flexibility index (Phi) is 9.63. The number of hydrogen-bond donors (Lipinski definition) is 2. The first-order valence-corrected chi connectivity index (χ1v) is 11.4. The smallest absolute Gasteiger partial charge is 0.439 e. The maximum atomic E-state index is 13.4. The van der Waals surface area contributed by atoms with Gasteiger partial charge < -0.3 is 15.4 Å². The summed E-state index contributed by atoms with van der Waals surface area (Å²) in [4.78, 5) is 51.4. The molecule has 1 heterocycles. The van der Waals surface area contributed by atoms with Gasteiger partial charge in [-0.05, 0) is 26.0 Å². The van der Waals surface area contributed by atoms with Crippen molar-refractivity contribution < 1.29 is 72.2 Å². The molecule has 236 valence electrons. The second-order valence-corrected chi connectivity index (χ2v) is 9.34. The summed E-state index contributed by atoms with van der Waals surface area (Å²) >= 11 is 0. The van der Waals surface area contributed by atoms with E-state index in [1.54, 1.807) is 0 Å². The molecule has 4 amide bonds. The lowest BCUT2D eigenvalue weighted by atomic mass is 9.90. The van der Waals surface area contributed by atoms with Crippen LogP contribution in [0.2, 0.25) is 0 Å². The Labute approximate surface area is 228 Å². The Bertz CT molecular complexity index is 1200. The molecule has 2 rings (SSSR count). The number of nitrogens with one attached hydrogen (secondary N) is 2. The molecule has 1 aliphatic rings. The van der Waals surface area contributed by atoms with Crippen LogP contribution in [0.15, 0.2) is 24.3 Å². The van der Waals surface area contributed by atoms with Crippen molar-refractivity contribution in [2.45, 2.75) is 44.3 Å². The molecule has 0 saturated carbocycles. The topological polar surface area (TPSA) is 108 Å². The highest BCUT2D eigenvalue weighted by Crippen LogP contribution is 2.36.